The van der Waals surface area contributed by atoms with Crippen molar-refractivity contribution in [3.8, 4) is 5.69 Å². The van der Waals surface area contributed by atoms with Crippen LogP contribution in [0.5, 0.6) is 0 Å². The van der Waals surface area contributed by atoms with Crippen molar-refractivity contribution >= 4 is 29.3 Å². The molecule has 3 aromatic rings. The summed E-state index contributed by atoms with van der Waals surface area (Å²) in [7, 11) is 5.87. The topological polar surface area (TPSA) is 66.7 Å². The molecule has 1 fully saturated rings. The van der Waals surface area contributed by atoms with Crippen molar-refractivity contribution in [1.29, 1.82) is 0 Å². The van der Waals surface area contributed by atoms with Crippen LogP contribution in [0, 0.1) is 0 Å². The first-order valence-electron chi connectivity index (χ1n) is 11.0. The van der Waals surface area contributed by atoms with E-state index in [1.807, 2.05) is 56.0 Å². The normalized spacial score (nSPS) is 13.7. The highest BCUT2D eigenvalue weighted by Crippen LogP contribution is 2.27. The van der Waals surface area contributed by atoms with Crippen molar-refractivity contribution < 1.29 is 9.53 Å². The molecule has 1 aliphatic rings. The highest BCUT2D eigenvalue weighted by molar-refractivity contribution is 7.99. The van der Waals surface area contributed by atoms with Crippen molar-refractivity contribution in [2.75, 3.05) is 63.0 Å². The minimum absolute atomic E-state index is 0.0484. The fourth-order valence-electron chi connectivity index (χ4n) is 3.62. The molecule has 9 heteroatoms. The molecule has 8 nitrogen and oxygen atoms in total. The van der Waals surface area contributed by atoms with Crippen LogP contribution in [0.4, 0.5) is 11.6 Å². The smallest absolute Gasteiger partial charge is 0.233 e. The summed E-state index contributed by atoms with van der Waals surface area (Å²) in [5, 5.41) is 9.60. The summed E-state index contributed by atoms with van der Waals surface area (Å²) >= 11 is 1.41. The Morgan fingerprint density at radius 2 is 1.70 bits per heavy atom. The van der Waals surface area contributed by atoms with Crippen molar-refractivity contribution in [1.82, 2.24) is 19.7 Å². The molecule has 1 saturated heterocycles. The van der Waals surface area contributed by atoms with E-state index in [9.17, 15) is 4.79 Å². The summed E-state index contributed by atoms with van der Waals surface area (Å²) in [6, 6.07) is 18.3. The minimum Gasteiger partial charge on any atom is -0.378 e. The minimum atomic E-state index is 0.0484. The molecule has 1 amide bonds. The third-order valence-corrected chi connectivity index (χ3v) is 6.46. The lowest BCUT2D eigenvalue weighted by atomic mass is 10.2. The van der Waals surface area contributed by atoms with E-state index in [4.69, 9.17) is 4.74 Å². The average molecular weight is 467 g/mol. The molecule has 1 aliphatic heterocycles. The Kier molecular flexibility index (Phi) is 7.51. The van der Waals surface area contributed by atoms with Gasteiger partial charge in [-0.25, -0.2) is 0 Å². The van der Waals surface area contributed by atoms with Gasteiger partial charge in [0.15, 0.2) is 5.16 Å². The van der Waals surface area contributed by atoms with E-state index < -0.39 is 0 Å². The van der Waals surface area contributed by atoms with Gasteiger partial charge in [0.05, 0.1) is 24.7 Å². The highest BCUT2D eigenvalue weighted by Gasteiger charge is 2.22. The molecule has 2 aromatic carbocycles. The second kappa shape index (κ2) is 10.7. The van der Waals surface area contributed by atoms with Crippen molar-refractivity contribution in [3.63, 3.8) is 0 Å². The molecule has 0 atom stereocenters. The third kappa shape index (κ3) is 5.66. The lowest BCUT2D eigenvalue weighted by Gasteiger charge is -2.28. The molecular weight excluding hydrogens is 436 g/mol. The molecule has 0 saturated carbocycles. The lowest BCUT2D eigenvalue weighted by Crippen LogP contribution is -2.37. The van der Waals surface area contributed by atoms with E-state index in [2.05, 4.69) is 44.3 Å². The quantitative estimate of drug-likeness (QED) is 0.473. The number of benzene rings is 2. The summed E-state index contributed by atoms with van der Waals surface area (Å²) in [6.07, 6.45) is 0. The maximum absolute atomic E-state index is 12.9. The van der Waals surface area contributed by atoms with E-state index in [1.165, 1.54) is 11.8 Å². The van der Waals surface area contributed by atoms with Crippen LogP contribution in [-0.2, 0) is 16.1 Å². The maximum Gasteiger partial charge on any atom is 0.233 e. The van der Waals surface area contributed by atoms with Crippen molar-refractivity contribution in [2.45, 2.75) is 11.7 Å². The summed E-state index contributed by atoms with van der Waals surface area (Å²) in [6.45, 7) is 3.44. The van der Waals surface area contributed by atoms with E-state index in [0.29, 0.717) is 30.7 Å². The van der Waals surface area contributed by atoms with Gasteiger partial charge >= 0.3 is 0 Å². The number of aromatic nitrogens is 3. The van der Waals surface area contributed by atoms with Crippen LogP contribution in [0.2, 0.25) is 0 Å². The predicted molar refractivity (Wildman–Crippen MR) is 132 cm³/mol. The molecule has 0 radical (unpaired) electrons. The van der Waals surface area contributed by atoms with E-state index in [0.717, 1.165) is 36.0 Å². The molecule has 0 N–H and O–H groups in total. The molecule has 4 rings (SSSR count). The SMILES string of the molecule is CN(Cc1ccc(N(C)C)cc1)C(=O)CSc1nnc(N2CCOCC2)n1-c1ccccc1. The molecule has 0 bridgehead atoms. The molecule has 0 spiro atoms. The van der Waals surface area contributed by atoms with Crippen molar-refractivity contribution in [3.05, 3.63) is 60.2 Å². The summed E-state index contributed by atoms with van der Waals surface area (Å²) in [5.74, 6) is 1.13. The molecular formula is C24H30N6O2S. The van der Waals surface area contributed by atoms with Gasteiger partial charge in [-0.1, -0.05) is 42.1 Å². The summed E-state index contributed by atoms with van der Waals surface area (Å²) < 4.78 is 7.52. The zero-order valence-electron chi connectivity index (χ0n) is 19.3. The fraction of sp³-hybridized carbons (Fsp3) is 0.375. The van der Waals surface area contributed by atoms with E-state index >= 15 is 0 Å². The maximum atomic E-state index is 12.9. The second-order valence-electron chi connectivity index (χ2n) is 8.15. The Morgan fingerprint density at radius 3 is 2.36 bits per heavy atom. The van der Waals surface area contributed by atoms with Gasteiger partial charge in [0.2, 0.25) is 11.9 Å². The molecule has 174 valence electrons. The number of nitrogens with zero attached hydrogens (tertiary/aromatic N) is 6. The standard InChI is InChI=1S/C24H30N6O2S/c1-27(2)20-11-9-19(10-12-20)17-28(3)22(31)18-33-24-26-25-23(29-13-15-32-16-14-29)30(24)21-7-5-4-6-8-21/h4-12H,13-18H2,1-3H3. The van der Waals surface area contributed by atoms with E-state index in [1.54, 1.807) is 4.90 Å². The number of hydrogen-bond acceptors (Lipinski definition) is 7. The molecule has 0 unspecified atom stereocenters. The van der Waals surface area contributed by atoms with Crippen LogP contribution >= 0.6 is 11.8 Å². The van der Waals surface area contributed by atoms with Gasteiger partial charge in [0.25, 0.3) is 0 Å². The number of para-hydroxylation sites is 1. The number of thioether (sulfide) groups is 1. The van der Waals surface area contributed by atoms with Crippen LogP contribution < -0.4 is 9.80 Å². The highest BCUT2D eigenvalue weighted by atomic mass is 32.2. The molecule has 1 aromatic heterocycles. The first-order valence-corrected chi connectivity index (χ1v) is 12.0. The fourth-order valence-corrected chi connectivity index (χ4v) is 4.51. The van der Waals surface area contributed by atoms with Gasteiger partial charge in [-0.2, -0.15) is 0 Å². The van der Waals surface area contributed by atoms with Crippen LogP contribution in [0.25, 0.3) is 5.69 Å². The van der Waals surface area contributed by atoms with Gasteiger partial charge in [-0.3, -0.25) is 9.36 Å². The Bertz CT molecular complexity index is 1050. The predicted octanol–water partition coefficient (Wildman–Crippen LogP) is 2.92. The van der Waals surface area contributed by atoms with Crippen molar-refractivity contribution in [2.24, 2.45) is 0 Å². The Hall–Kier alpha value is -3.04. The van der Waals surface area contributed by atoms with E-state index in [-0.39, 0.29) is 5.91 Å². The van der Waals surface area contributed by atoms with Gasteiger partial charge < -0.3 is 19.4 Å². The first kappa shape index (κ1) is 23.1. The number of anilines is 2. The van der Waals surface area contributed by atoms with Crippen LogP contribution in [-0.4, -0.2) is 78.8 Å². The third-order valence-electron chi connectivity index (χ3n) is 5.55. The lowest BCUT2D eigenvalue weighted by molar-refractivity contribution is -0.127. The van der Waals surface area contributed by atoms with Crippen LogP contribution in [0.1, 0.15) is 5.56 Å². The number of ether oxygens (including phenoxy) is 1. The van der Waals surface area contributed by atoms with Crippen LogP contribution in [0.15, 0.2) is 59.8 Å². The van der Waals surface area contributed by atoms with Gasteiger partial charge in [0, 0.05) is 46.5 Å². The number of hydrogen-bond donors (Lipinski definition) is 0. The molecule has 2 heterocycles. The monoisotopic (exact) mass is 466 g/mol. The largest absolute Gasteiger partial charge is 0.378 e. The van der Waals surface area contributed by atoms with Crippen LogP contribution in [0.3, 0.4) is 0 Å². The number of carbonyl (C=O) groups is 1. The zero-order chi connectivity index (χ0) is 23.2. The first-order chi connectivity index (χ1) is 16.0. The Labute approximate surface area is 199 Å². The number of rotatable bonds is 8. The van der Waals surface area contributed by atoms with Gasteiger partial charge in [-0.15, -0.1) is 10.2 Å². The number of amides is 1. The average Bonchev–Trinajstić information content (AvgIpc) is 3.28. The molecule has 33 heavy (non-hydrogen) atoms. The summed E-state index contributed by atoms with van der Waals surface area (Å²) in [4.78, 5) is 18.9. The summed E-state index contributed by atoms with van der Waals surface area (Å²) in [5.41, 5.74) is 3.22. The number of carbonyl (C=O) groups excluding carboxylic acids is 1. The van der Waals surface area contributed by atoms with Gasteiger partial charge in [0.1, 0.15) is 0 Å². The molecule has 0 aliphatic carbocycles. The van der Waals surface area contributed by atoms with Gasteiger partial charge in [-0.05, 0) is 29.8 Å². The second-order valence-corrected chi connectivity index (χ2v) is 9.09. The number of morpholine rings is 1. The Balaban J connectivity index is 1.45. The Morgan fingerprint density at radius 1 is 1.00 bits per heavy atom. The zero-order valence-corrected chi connectivity index (χ0v) is 20.2.